The van der Waals surface area contributed by atoms with Crippen LogP contribution in [0.25, 0.3) is 0 Å². The Kier molecular flexibility index (Phi) is 4.00. The SMILES string of the molecule is CSc1ccc(CCc2cccnc2)cc1. The van der Waals surface area contributed by atoms with Gasteiger partial charge in [-0.05, 0) is 48.4 Å². The van der Waals surface area contributed by atoms with Crippen LogP contribution in [0.5, 0.6) is 0 Å². The summed E-state index contributed by atoms with van der Waals surface area (Å²) in [7, 11) is 0. The van der Waals surface area contributed by atoms with E-state index in [1.807, 2.05) is 18.5 Å². The average molecular weight is 229 g/mol. The zero-order chi connectivity index (χ0) is 11.2. The van der Waals surface area contributed by atoms with Crippen molar-refractivity contribution in [1.29, 1.82) is 0 Å². The molecule has 0 saturated carbocycles. The van der Waals surface area contributed by atoms with Crippen molar-refractivity contribution in [3.63, 3.8) is 0 Å². The van der Waals surface area contributed by atoms with Gasteiger partial charge in [0.1, 0.15) is 0 Å². The second kappa shape index (κ2) is 5.71. The van der Waals surface area contributed by atoms with Crippen LogP contribution >= 0.6 is 11.8 Å². The van der Waals surface area contributed by atoms with Crippen molar-refractivity contribution in [3.05, 3.63) is 59.9 Å². The summed E-state index contributed by atoms with van der Waals surface area (Å²) in [6.07, 6.45) is 8.00. The summed E-state index contributed by atoms with van der Waals surface area (Å²) >= 11 is 1.78. The summed E-state index contributed by atoms with van der Waals surface area (Å²) in [5, 5.41) is 0. The maximum Gasteiger partial charge on any atom is 0.0299 e. The second-order valence-corrected chi connectivity index (χ2v) is 4.59. The van der Waals surface area contributed by atoms with E-state index in [0.29, 0.717) is 0 Å². The maximum absolute atomic E-state index is 4.12. The summed E-state index contributed by atoms with van der Waals surface area (Å²) in [6.45, 7) is 0. The summed E-state index contributed by atoms with van der Waals surface area (Å²) in [5.74, 6) is 0. The lowest BCUT2D eigenvalue weighted by Gasteiger charge is -2.02. The average Bonchev–Trinajstić information content (AvgIpc) is 2.38. The molecule has 1 nitrogen and oxygen atoms in total. The van der Waals surface area contributed by atoms with E-state index in [1.165, 1.54) is 16.0 Å². The topological polar surface area (TPSA) is 12.9 Å². The zero-order valence-corrected chi connectivity index (χ0v) is 10.2. The van der Waals surface area contributed by atoms with Crippen molar-refractivity contribution in [2.45, 2.75) is 17.7 Å². The molecule has 0 spiro atoms. The molecule has 0 fully saturated rings. The van der Waals surface area contributed by atoms with Gasteiger partial charge in [-0.25, -0.2) is 0 Å². The molecular weight excluding hydrogens is 214 g/mol. The quantitative estimate of drug-likeness (QED) is 0.743. The number of hydrogen-bond acceptors (Lipinski definition) is 2. The van der Waals surface area contributed by atoms with Crippen molar-refractivity contribution in [3.8, 4) is 0 Å². The molecule has 0 atom stereocenters. The summed E-state index contributed by atoms with van der Waals surface area (Å²) in [5.41, 5.74) is 2.69. The fourth-order valence-electron chi connectivity index (χ4n) is 1.63. The Hall–Kier alpha value is -1.28. The smallest absolute Gasteiger partial charge is 0.0299 e. The lowest BCUT2D eigenvalue weighted by Crippen LogP contribution is -1.91. The van der Waals surface area contributed by atoms with Gasteiger partial charge in [0, 0.05) is 17.3 Å². The summed E-state index contributed by atoms with van der Waals surface area (Å²) < 4.78 is 0. The molecule has 16 heavy (non-hydrogen) atoms. The Morgan fingerprint density at radius 3 is 2.38 bits per heavy atom. The number of rotatable bonds is 4. The van der Waals surface area contributed by atoms with Gasteiger partial charge in [0.15, 0.2) is 0 Å². The third-order valence-electron chi connectivity index (χ3n) is 2.58. The van der Waals surface area contributed by atoms with Crippen molar-refractivity contribution >= 4 is 11.8 Å². The van der Waals surface area contributed by atoms with Crippen LogP contribution in [0.4, 0.5) is 0 Å². The van der Waals surface area contributed by atoms with E-state index in [-0.39, 0.29) is 0 Å². The van der Waals surface area contributed by atoms with Crippen LogP contribution in [0.1, 0.15) is 11.1 Å². The van der Waals surface area contributed by atoms with Gasteiger partial charge in [-0.15, -0.1) is 11.8 Å². The molecule has 2 heteroatoms. The highest BCUT2D eigenvalue weighted by atomic mass is 32.2. The van der Waals surface area contributed by atoms with E-state index in [0.717, 1.165) is 12.8 Å². The summed E-state index contributed by atoms with van der Waals surface area (Å²) in [6, 6.07) is 12.9. The molecule has 0 aliphatic heterocycles. The number of benzene rings is 1. The Bertz CT molecular complexity index is 422. The maximum atomic E-state index is 4.12. The minimum atomic E-state index is 1.06. The van der Waals surface area contributed by atoms with E-state index in [1.54, 1.807) is 11.8 Å². The van der Waals surface area contributed by atoms with Crippen LogP contribution in [0, 0.1) is 0 Å². The van der Waals surface area contributed by atoms with Gasteiger partial charge in [-0.2, -0.15) is 0 Å². The molecule has 0 radical (unpaired) electrons. The minimum Gasteiger partial charge on any atom is -0.264 e. The van der Waals surface area contributed by atoms with E-state index in [9.17, 15) is 0 Å². The first-order valence-electron chi connectivity index (χ1n) is 5.40. The molecule has 2 rings (SSSR count). The molecule has 0 N–H and O–H groups in total. The molecule has 2 aromatic rings. The van der Waals surface area contributed by atoms with E-state index in [2.05, 4.69) is 41.6 Å². The molecule has 0 bridgehead atoms. The van der Waals surface area contributed by atoms with Crippen LogP contribution in [0.3, 0.4) is 0 Å². The number of thioether (sulfide) groups is 1. The van der Waals surface area contributed by atoms with Crippen LogP contribution < -0.4 is 0 Å². The molecule has 1 aromatic carbocycles. The molecule has 1 heterocycles. The largest absolute Gasteiger partial charge is 0.264 e. The second-order valence-electron chi connectivity index (χ2n) is 3.71. The minimum absolute atomic E-state index is 1.06. The highest BCUT2D eigenvalue weighted by molar-refractivity contribution is 7.98. The van der Waals surface area contributed by atoms with Gasteiger partial charge < -0.3 is 0 Å². The van der Waals surface area contributed by atoms with Crippen LogP contribution in [-0.2, 0) is 12.8 Å². The molecule has 1 aromatic heterocycles. The number of aryl methyl sites for hydroxylation is 2. The van der Waals surface area contributed by atoms with Gasteiger partial charge in [0.05, 0.1) is 0 Å². The third-order valence-corrected chi connectivity index (χ3v) is 3.33. The Labute approximate surface area is 101 Å². The number of pyridine rings is 1. The van der Waals surface area contributed by atoms with Gasteiger partial charge in [0.2, 0.25) is 0 Å². The molecule has 82 valence electrons. The monoisotopic (exact) mass is 229 g/mol. The highest BCUT2D eigenvalue weighted by Gasteiger charge is 1.96. The van der Waals surface area contributed by atoms with Crippen molar-refractivity contribution < 1.29 is 0 Å². The van der Waals surface area contributed by atoms with E-state index >= 15 is 0 Å². The van der Waals surface area contributed by atoms with Gasteiger partial charge in [-0.3, -0.25) is 4.98 Å². The molecule has 0 amide bonds. The van der Waals surface area contributed by atoms with Crippen LogP contribution in [0.15, 0.2) is 53.7 Å². The van der Waals surface area contributed by atoms with Crippen LogP contribution in [0.2, 0.25) is 0 Å². The van der Waals surface area contributed by atoms with Crippen molar-refractivity contribution in [1.82, 2.24) is 4.98 Å². The molecular formula is C14H15NS. The predicted molar refractivity (Wildman–Crippen MR) is 69.9 cm³/mol. The molecule has 0 saturated heterocycles. The normalized spacial score (nSPS) is 10.3. The van der Waals surface area contributed by atoms with Gasteiger partial charge in [-0.1, -0.05) is 18.2 Å². The van der Waals surface area contributed by atoms with Crippen molar-refractivity contribution in [2.24, 2.45) is 0 Å². The molecule has 0 aliphatic rings. The van der Waals surface area contributed by atoms with E-state index < -0.39 is 0 Å². The number of aromatic nitrogens is 1. The van der Waals surface area contributed by atoms with Crippen LogP contribution in [-0.4, -0.2) is 11.2 Å². The first-order valence-corrected chi connectivity index (χ1v) is 6.63. The highest BCUT2D eigenvalue weighted by Crippen LogP contribution is 2.15. The Morgan fingerprint density at radius 1 is 1.00 bits per heavy atom. The lowest BCUT2D eigenvalue weighted by atomic mass is 10.1. The molecule has 0 unspecified atom stereocenters. The van der Waals surface area contributed by atoms with E-state index in [4.69, 9.17) is 0 Å². The standard InChI is InChI=1S/C14H15NS/c1-16-14-8-6-12(7-9-14)4-5-13-3-2-10-15-11-13/h2-3,6-11H,4-5H2,1H3. The lowest BCUT2D eigenvalue weighted by molar-refractivity contribution is 0.948. The Balaban J connectivity index is 1.94. The zero-order valence-electron chi connectivity index (χ0n) is 9.39. The van der Waals surface area contributed by atoms with Crippen molar-refractivity contribution in [2.75, 3.05) is 6.26 Å². The predicted octanol–water partition coefficient (Wildman–Crippen LogP) is 3.59. The Morgan fingerprint density at radius 2 is 1.75 bits per heavy atom. The fourth-order valence-corrected chi connectivity index (χ4v) is 2.04. The first kappa shape index (κ1) is 11.2. The van der Waals surface area contributed by atoms with Gasteiger partial charge in [0.25, 0.3) is 0 Å². The fraction of sp³-hybridized carbons (Fsp3) is 0.214. The van der Waals surface area contributed by atoms with Gasteiger partial charge >= 0.3 is 0 Å². The first-order chi connectivity index (χ1) is 7.88. The summed E-state index contributed by atoms with van der Waals surface area (Å²) in [4.78, 5) is 5.45. The number of nitrogens with zero attached hydrogens (tertiary/aromatic N) is 1. The number of hydrogen-bond donors (Lipinski definition) is 0. The molecule has 0 aliphatic carbocycles. The third kappa shape index (κ3) is 3.11.